The topological polar surface area (TPSA) is 105 Å². The first-order valence-electron chi connectivity index (χ1n) is 11.2. The first-order valence-corrected chi connectivity index (χ1v) is 13.8. The van der Waals surface area contributed by atoms with Crippen LogP contribution in [0.15, 0.2) is 46.9 Å². The highest BCUT2D eigenvalue weighted by Gasteiger charge is 2.30. The summed E-state index contributed by atoms with van der Waals surface area (Å²) in [6.45, 7) is 5.70. The molecule has 0 aliphatic carbocycles. The fourth-order valence-electron chi connectivity index (χ4n) is 3.58. The summed E-state index contributed by atoms with van der Waals surface area (Å²) in [5, 5.41) is 2.82. The summed E-state index contributed by atoms with van der Waals surface area (Å²) in [6.07, 6.45) is 1.03. The van der Waals surface area contributed by atoms with Gasteiger partial charge in [-0.15, -0.1) is 0 Å². The van der Waals surface area contributed by atoms with E-state index >= 15 is 0 Å². The minimum Gasteiger partial charge on any atom is -0.486 e. The monoisotopic (exact) mass is 567 g/mol. The molecule has 0 radical (unpaired) electrons. The van der Waals surface area contributed by atoms with Crippen LogP contribution in [0.4, 0.5) is 5.69 Å². The SMILES string of the molecule is CC(C)NC(=O)[C@H](C)N(Cc1ccc(Br)cc1)C(=O)CN(c1ccc2c(c1)OCCO2)S(C)(=O)=O. The fourth-order valence-corrected chi connectivity index (χ4v) is 4.68. The molecule has 1 aliphatic heterocycles. The van der Waals surface area contributed by atoms with Gasteiger partial charge in [0, 0.05) is 23.1 Å². The summed E-state index contributed by atoms with van der Waals surface area (Å²) in [6, 6.07) is 11.1. The molecule has 0 spiro atoms. The zero-order valence-corrected chi connectivity index (χ0v) is 22.6. The zero-order chi connectivity index (χ0) is 25.8. The molecule has 0 unspecified atom stereocenters. The van der Waals surface area contributed by atoms with Gasteiger partial charge in [0.25, 0.3) is 0 Å². The lowest BCUT2D eigenvalue weighted by atomic mass is 10.1. The Bertz CT molecular complexity index is 1170. The standard InChI is InChI=1S/C24H30BrN3O6S/c1-16(2)26-24(30)17(3)27(14-18-5-7-19(25)8-6-18)23(29)15-28(35(4,31)32)20-9-10-21-22(13-20)34-12-11-33-21/h5-10,13,16-17H,11-12,14-15H2,1-4H3,(H,26,30)/t17-/m0/s1. The Kier molecular flexibility index (Phi) is 8.65. The summed E-state index contributed by atoms with van der Waals surface area (Å²) in [4.78, 5) is 27.7. The molecule has 1 atom stereocenters. The molecule has 2 aromatic rings. The van der Waals surface area contributed by atoms with Gasteiger partial charge in [0.15, 0.2) is 11.5 Å². The molecule has 1 aliphatic rings. The third-order valence-corrected chi connectivity index (χ3v) is 7.03. The number of rotatable bonds is 9. The lowest BCUT2D eigenvalue weighted by Gasteiger charge is -2.32. The van der Waals surface area contributed by atoms with E-state index in [4.69, 9.17) is 9.47 Å². The number of carbonyl (C=O) groups is 2. The lowest BCUT2D eigenvalue weighted by Crippen LogP contribution is -2.52. The third-order valence-electron chi connectivity index (χ3n) is 5.36. The summed E-state index contributed by atoms with van der Waals surface area (Å²) in [5.74, 6) is 0.0807. The van der Waals surface area contributed by atoms with Crippen molar-refractivity contribution >= 4 is 43.5 Å². The van der Waals surface area contributed by atoms with Crippen molar-refractivity contribution in [2.75, 3.05) is 30.3 Å². The van der Waals surface area contributed by atoms with Gasteiger partial charge in [-0.1, -0.05) is 28.1 Å². The molecule has 0 saturated carbocycles. The van der Waals surface area contributed by atoms with E-state index in [9.17, 15) is 18.0 Å². The number of anilines is 1. The number of amides is 2. The number of nitrogens with zero attached hydrogens (tertiary/aromatic N) is 2. The van der Waals surface area contributed by atoms with Crippen molar-refractivity contribution in [3.63, 3.8) is 0 Å². The van der Waals surface area contributed by atoms with E-state index in [1.807, 2.05) is 38.1 Å². The van der Waals surface area contributed by atoms with E-state index in [1.165, 1.54) is 11.0 Å². The molecular weight excluding hydrogens is 538 g/mol. The van der Waals surface area contributed by atoms with Gasteiger partial charge in [-0.3, -0.25) is 13.9 Å². The molecule has 2 amide bonds. The maximum absolute atomic E-state index is 13.5. The number of carbonyl (C=O) groups excluding carboxylic acids is 2. The van der Waals surface area contributed by atoms with Crippen LogP contribution in [0, 0.1) is 0 Å². The van der Waals surface area contributed by atoms with Crippen LogP contribution in [0.3, 0.4) is 0 Å². The van der Waals surface area contributed by atoms with Crippen LogP contribution in [0.25, 0.3) is 0 Å². The van der Waals surface area contributed by atoms with Crippen LogP contribution in [-0.4, -0.2) is 63.2 Å². The highest BCUT2D eigenvalue weighted by molar-refractivity contribution is 9.10. The Hall–Kier alpha value is -2.79. The summed E-state index contributed by atoms with van der Waals surface area (Å²) in [5.41, 5.74) is 1.07. The maximum atomic E-state index is 13.5. The second kappa shape index (κ2) is 11.3. The van der Waals surface area contributed by atoms with Crippen LogP contribution in [0.2, 0.25) is 0 Å². The molecule has 0 aromatic heterocycles. The third kappa shape index (κ3) is 7.11. The van der Waals surface area contributed by atoms with Crippen molar-refractivity contribution in [3.8, 4) is 11.5 Å². The molecule has 2 aromatic carbocycles. The molecule has 190 valence electrons. The van der Waals surface area contributed by atoms with Crippen LogP contribution < -0.4 is 19.1 Å². The van der Waals surface area contributed by atoms with E-state index in [2.05, 4.69) is 21.2 Å². The van der Waals surface area contributed by atoms with Crippen LogP contribution in [-0.2, 0) is 26.2 Å². The van der Waals surface area contributed by atoms with Gasteiger partial charge in [-0.2, -0.15) is 0 Å². The van der Waals surface area contributed by atoms with Crippen molar-refractivity contribution in [2.45, 2.75) is 39.4 Å². The molecule has 11 heteroatoms. The highest BCUT2D eigenvalue weighted by Crippen LogP contribution is 2.34. The van der Waals surface area contributed by atoms with E-state index < -0.39 is 28.5 Å². The normalized spacial score (nSPS) is 13.8. The molecule has 1 heterocycles. The number of fused-ring (bicyclic) bond motifs is 1. The van der Waals surface area contributed by atoms with E-state index in [1.54, 1.807) is 19.1 Å². The highest BCUT2D eigenvalue weighted by atomic mass is 79.9. The number of hydrogen-bond acceptors (Lipinski definition) is 6. The largest absolute Gasteiger partial charge is 0.486 e. The smallest absolute Gasteiger partial charge is 0.244 e. The fraction of sp³-hybridized carbons (Fsp3) is 0.417. The Morgan fingerprint density at radius 3 is 2.26 bits per heavy atom. The molecular formula is C24H30BrN3O6S. The number of hydrogen-bond donors (Lipinski definition) is 1. The summed E-state index contributed by atoms with van der Waals surface area (Å²) < 4.78 is 38.4. The van der Waals surface area contributed by atoms with Crippen molar-refractivity contribution in [3.05, 3.63) is 52.5 Å². The van der Waals surface area contributed by atoms with Gasteiger partial charge in [0.05, 0.1) is 11.9 Å². The number of halogens is 1. The minimum atomic E-state index is -3.83. The van der Waals surface area contributed by atoms with Gasteiger partial charge in [0.2, 0.25) is 21.8 Å². The average Bonchev–Trinajstić information content (AvgIpc) is 2.80. The lowest BCUT2D eigenvalue weighted by molar-refractivity contribution is -0.139. The number of benzene rings is 2. The Balaban J connectivity index is 1.91. The van der Waals surface area contributed by atoms with Crippen LogP contribution >= 0.6 is 15.9 Å². The van der Waals surface area contributed by atoms with Crippen molar-refractivity contribution in [1.29, 1.82) is 0 Å². The van der Waals surface area contributed by atoms with Gasteiger partial charge in [-0.25, -0.2) is 8.42 Å². The molecule has 3 rings (SSSR count). The van der Waals surface area contributed by atoms with E-state index in [-0.39, 0.29) is 24.2 Å². The molecule has 0 bridgehead atoms. The van der Waals surface area contributed by atoms with Crippen LogP contribution in [0.5, 0.6) is 11.5 Å². The Morgan fingerprint density at radius 1 is 1.03 bits per heavy atom. The summed E-state index contributed by atoms with van der Waals surface area (Å²) >= 11 is 3.39. The second-order valence-corrected chi connectivity index (χ2v) is 11.4. The molecule has 35 heavy (non-hydrogen) atoms. The Morgan fingerprint density at radius 2 is 1.66 bits per heavy atom. The average molecular weight is 568 g/mol. The summed E-state index contributed by atoms with van der Waals surface area (Å²) in [7, 11) is -3.83. The number of ether oxygens (including phenoxy) is 2. The predicted octanol–water partition coefficient (Wildman–Crippen LogP) is 2.93. The maximum Gasteiger partial charge on any atom is 0.244 e. The first kappa shape index (κ1) is 26.8. The molecule has 0 saturated heterocycles. The van der Waals surface area contributed by atoms with Gasteiger partial charge < -0.3 is 19.7 Å². The Labute approximate surface area is 214 Å². The van der Waals surface area contributed by atoms with Crippen molar-refractivity contribution in [2.24, 2.45) is 0 Å². The van der Waals surface area contributed by atoms with Crippen LogP contribution in [0.1, 0.15) is 26.3 Å². The number of nitrogens with one attached hydrogen (secondary N) is 1. The minimum absolute atomic E-state index is 0.111. The van der Waals surface area contributed by atoms with Gasteiger partial charge in [0.1, 0.15) is 25.8 Å². The second-order valence-electron chi connectivity index (χ2n) is 8.58. The van der Waals surface area contributed by atoms with Crippen molar-refractivity contribution in [1.82, 2.24) is 10.2 Å². The van der Waals surface area contributed by atoms with Gasteiger partial charge >= 0.3 is 0 Å². The quantitative estimate of drug-likeness (QED) is 0.499. The zero-order valence-electron chi connectivity index (χ0n) is 20.2. The first-order chi connectivity index (χ1) is 16.5. The van der Waals surface area contributed by atoms with Gasteiger partial charge in [-0.05, 0) is 50.6 Å². The molecule has 1 N–H and O–H groups in total. The predicted molar refractivity (Wildman–Crippen MR) is 137 cm³/mol. The molecule has 9 nitrogen and oxygen atoms in total. The van der Waals surface area contributed by atoms with Crippen molar-refractivity contribution < 1.29 is 27.5 Å². The molecule has 0 fully saturated rings. The number of sulfonamides is 1. The van der Waals surface area contributed by atoms with E-state index in [0.29, 0.717) is 24.7 Å². The van der Waals surface area contributed by atoms with E-state index in [0.717, 1.165) is 20.6 Å².